The predicted molar refractivity (Wildman–Crippen MR) is 91.9 cm³/mol. The normalized spacial score (nSPS) is 10.4. The fourth-order valence-electron chi connectivity index (χ4n) is 1.82. The van der Waals surface area contributed by atoms with E-state index in [4.69, 9.17) is 23.2 Å². The van der Waals surface area contributed by atoms with Crippen LogP contribution in [0.2, 0.25) is 10.0 Å². The molecule has 0 saturated carbocycles. The zero-order valence-corrected chi connectivity index (χ0v) is 13.9. The molecule has 2 rings (SSSR count). The summed E-state index contributed by atoms with van der Waals surface area (Å²) in [5.41, 5.74) is 1.25. The average molecular weight is 340 g/mol. The second-order valence-corrected chi connectivity index (χ2v) is 6.47. The van der Waals surface area contributed by atoms with E-state index in [1.54, 1.807) is 30.0 Å². The first-order valence-corrected chi connectivity index (χ1v) is 8.33. The van der Waals surface area contributed by atoms with Gasteiger partial charge in [-0.2, -0.15) is 0 Å². The number of rotatable bonds is 5. The van der Waals surface area contributed by atoms with Crippen LogP contribution in [0.25, 0.3) is 0 Å². The molecule has 0 fully saturated rings. The molecule has 2 aromatic carbocycles. The van der Waals surface area contributed by atoms with Gasteiger partial charge in [0.15, 0.2) is 0 Å². The molecule has 0 spiro atoms. The highest BCUT2D eigenvalue weighted by Crippen LogP contribution is 2.26. The summed E-state index contributed by atoms with van der Waals surface area (Å²) < 4.78 is 0. The van der Waals surface area contributed by atoms with Crippen LogP contribution >= 0.6 is 35.0 Å². The molecular formula is C16H15Cl2NOS. The Hall–Kier alpha value is -1.16. The minimum Gasteiger partial charge on any atom is -0.322 e. The monoisotopic (exact) mass is 339 g/mol. The van der Waals surface area contributed by atoms with E-state index in [0.29, 0.717) is 21.3 Å². The number of hydrogen-bond donors (Lipinski definition) is 1. The molecule has 110 valence electrons. The maximum absolute atomic E-state index is 12.4. The Labute approximate surface area is 138 Å². The van der Waals surface area contributed by atoms with E-state index >= 15 is 0 Å². The Bertz CT molecular complexity index is 626. The van der Waals surface area contributed by atoms with Crippen molar-refractivity contribution in [2.75, 3.05) is 11.1 Å². The summed E-state index contributed by atoms with van der Waals surface area (Å²) in [5, 5.41) is 3.82. The molecule has 5 heteroatoms. The number of halogens is 2. The zero-order chi connectivity index (χ0) is 15.2. The molecule has 0 unspecified atom stereocenters. The van der Waals surface area contributed by atoms with E-state index in [-0.39, 0.29) is 5.91 Å². The summed E-state index contributed by atoms with van der Waals surface area (Å²) in [5.74, 6) is 0.820. The van der Waals surface area contributed by atoms with Crippen LogP contribution in [0.5, 0.6) is 0 Å². The summed E-state index contributed by atoms with van der Waals surface area (Å²) in [6.45, 7) is 2.11. The molecule has 0 bridgehead atoms. The molecule has 2 nitrogen and oxygen atoms in total. The van der Waals surface area contributed by atoms with Crippen molar-refractivity contribution >= 4 is 46.6 Å². The Kier molecular flexibility index (Phi) is 5.97. The Balaban J connectivity index is 2.20. The lowest BCUT2D eigenvalue weighted by atomic mass is 10.2. The third kappa shape index (κ3) is 4.67. The van der Waals surface area contributed by atoms with Gasteiger partial charge in [0.1, 0.15) is 0 Å². The van der Waals surface area contributed by atoms with Crippen LogP contribution in [0.1, 0.15) is 23.7 Å². The van der Waals surface area contributed by atoms with Gasteiger partial charge in [-0.25, -0.2) is 0 Å². The van der Waals surface area contributed by atoms with Gasteiger partial charge < -0.3 is 5.32 Å². The number of thioether (sulfide) groups is 1. The smallest absolute Gasteiger partial charge is 0.256 e. The van der Waals surface area contributed by atoms with E-state index in [1.165, 1.54) is 0 Å². The minimum absolute atomic E-state index is 0.160. The summed E-state index contributed by atoms with van der Waals surface area (Å²) in [6, 6.07) is 12.5. The fourth-order valence-corrected chi connectivity index (χ4v) is 3.26. The second kappa shape index (κ2) is 7.74. The summed E-state index contributed by atoms with van der Waals surface area (Å²) in [7, 11) is 0. The average Bonchev–Trinajstić information content (AvgIpc) is 2.44. The molecule has 21 heavy (non-hydrogen) atoms. The van der Waals surface area contributed by atoms with Crippen LogP contribution in [-0.4, -0.2) is 11.7 Å². The van der Waals surface area contributed by atoms with Gasteiger partial charge in [-0.15, -0.1) is 11.8 Å². The van der Waals surface area contributed by atoms with E-state index in [2.05, 4.69) is 12.2 Å². The number of anilines is 1. The Morgan fingerprint density at radius 2 is 1.81 bits per heavy atom. The lowest BCUT2D eigenvalue weighted by molar-refractivity contribution is 0.102. The zero-order valence-electron chi connectivity index (χ0n) is 11.5. The predicted octanol–water partition coefficient (Wildman–Crippen LogP) is 5.75. The van der Waals surface area contributed by atoms with E-state index in [9.17, 15) is 4.79 Å². The minimum atomic E-state index is -0.160. The lowest BCUT2D eigenvalue weighted by Gasteiger charge is -2.10. The highest BCUT2D eigenvalue weighted by molar-refractivity contribution is 7.99. The highest BCUT2D eigenvalue weighted by Gasteiger charge is 2.12. The molecule has 0 aromatic heterocycles. The molecule has 1 amide bonds. The summed E-state index contributed by atoms with van der Waals surface area (Å²) >= 11 is 13.6. The molecule has 0 radical (unpaired) electrons. The van der Waals surface area contributed by atoms with Crippen LogP contribution in [-0.2, 0) is 0 Å². The molecule has 0 heterocycles. The van der Waals surface area contributed by atoms with E-state index in [1.807, 2.05) is 24.3 Å². The van der Waals surface area contributed by atoms with Crippen molar-refractivity contribution in [2.45, 2.75) is 18.2 Å². The number of carbonyl (C=O) groups excluding carboxylic acids is 1. The van der Waals surface area contributed by atoms with Crippen molar-refractivity contribution in [3.8, 4) is 0 Å². The quantitative estimate of drug-likeness (QED) is 0.703. The van der Waals surface area contributed by atoms with Crippen molar-refractivity contribution in [3.05, 3.63) is 58.1 Å². The van der Waals surface area contributed by atoms with Gasteiger partial charge in [-0.05, 0) is 42.5 Å². The van der Waals surface area contributed by atoms with Gasteiger partial charge in [0, 0.05) is 20.6 Å². The standard InChI is InChI=1S/C16H15Cl2NOS/c1-2-7-21-15-6-4-3-5-14(15)16(20)19-13-9-11(17)8-12(18)10-13/h3-6,8-10H,2,7H2,1H3,(H,19,20). The molecule has 0 aliphatic heterocycles. The van der Waals surface area contributed by atoms with Gasteiger partial charge in [-0.1, -0.05) is 42.3 Å². The molecular weight excluding hydrogens is 325 g/mol. The number of amides is 1. The number of hydrogen-bond acceptors (Lipinski definition) is 2. The van der Waals surface area contributed by atoms with Gasteiger partial charge in [0.25, 0.3) is 5.91 Å². The molecule has 0 aliphatic carbocycles. The van der Waals surface area contributed by atoms with Crippen LogP contribution in [0, 0.1) is 0 Å². The number of carbonyl (C=O) groups is 1. The first kappa shape index (κ1) is 16.2. The van der Waals surface area contributed by atoms with Crippen molar-refractivity contribution in [3.63, 3.8) is 0 Å². The van der Waals surface area contributed by atoms with Crippen molar-refractivity contribution in [1.82, 2.24) is 0 Å². The molecule has 0 saturated heterocycles. The topological polar surface area (TPSA) is 29.1 Å². The largest absolute Gasteiger partial charge is 0.322 e. The number of nitrogens with one attached hydrogen (secondary N) is 1. The summed E-state index contributed by atoms with van der Waals surface area (Å²) in [4.78, 5) is 13.4. The number of benzene rings is 2. The SMILES string of the molecule is CCCSc1ccccc1C(=O)Nc1cc(Cl)cc(Cl)c1. The lowest BCUT2D eigenvalue weighted by Crippen LogP contribution is -2.13. The van der Waals surface area contributed by atoms with Crippen molar-refractivity contribution in [2.24, 2.45) is 0 Å². The van der Waals surface area contributed by atoms with Crippen LogP contribution in [0.3, 0.4) is 0 Å². The van der Waals surface area contributed by atoms with Crippen LogP contribution in [0.4, 0.5) is 5.69 Å². The Morgan fingerprint density at radius 1 is 1.14 bits per heavy atom. The van der Waals surface area contributed by atoms with Gasteiger partial charge >= 0.3 is 0 Å². The van der Waals surface area contributed by atoms with Gasteiger partial charge in [0.2, 0.25) is 0 Å². The van der Waals surface area contributed by atoms with Crippen molar-refractivity contribution < 1.29 is 4.79 Å². The molecule has 2 aromatic rings. The maximum Gasteiger partial charge on any atom is 0.256 e. The van der Waals surface area contributed by atoms with Crippen LogP contribution < -0.4 is 5.32 Å². The third-order valence-corrected chi connectivity index (χ3v) is 4.43. The fraction of sp³-hybridized carbons (Fsp3) is 0.188. The second-order valence-electron chi connectivity index (χ2n) is 4.46. The van der Waals surface area contributed by atoms with Gasteiger partial charge in [-0.3, -0.25) is 4.79 Å². The Morgan fingerprint density at radius 3 is 2.48 bits per heavy atom. The van der Waals surface area contributed by atoms with Crippen LogP contribution in [0.15, 0.2) is 47.4 Å². The third-order valence-electron chi connectivity index (χ3n) is 2.71. The summed E-state index contributed by atoms with van der Waals surface area (Å²) in [6.07, 6.45) is 1.06. The molecule has 0 atom stereocenters. The van der Waals surface area contributed by atoms with Gasteiger partial charge in [0.05, 0.1) is 5.56 Å². The van der Waals surface area contributed by atoms with Crippen molar-refractivity contribution in [1.29, 1.82) is 0 Å². The van der Waals surface area contributed by atoms with E-state index in [0.717, 1.165) is 17.1 Å². The molecule has 0 aliphatic rings. The molecule has 1 N–H and O–H groups in total. The first-order valence-electron chi connectivity index (χ1n) is 6.59. The maximum atomic E-state index is 12.4. The first-order chi connectivity index (χ1) is 10.1. The highest BCUT2D eigenvalue weighted by atomic mass is 35.5. The van der Waals surface area contributed by atoms with E-state index < -0.39 is 0 Å².